The van der Waals surface area contributed by atoms with Crippen molar-refractivity contribution in [3.05, 3.63) is 60.3 Å². The fourth-order valence-electron chi connectivity index (χ4n) is 1.70. The van der Waals surface area contributed by atoms with Gasteiger partial charge in [-0.2, -0.15) is 0 Å². The minimum Gasteiger partial charge on any atom is -0.355 e. The first-order valence-corrected chi connectivity index (χ1v) is 7.89. The molecule has 116 valence electrons. The summed E-state index contributed by atoms with van der Waals surface area (Å²) in [5, 5.41) is 0.751. The summed E-state index contributed by atoms with van der Waals surface area (Å²) in [7, 11) is 0. The molecule has 2 aromatic rings. The van der Waals surface area contributed by atoms with Gasteiger partial charge in [-0.15, -0.1) is 0 Å². The lowest BCUT2D eigenvalue weighted by Gasteiger charge is -2.10. The van der Waals surface area contributed by atoms with E-state index in [0.29, 0.717) is 18.2 Å². The van der Waals surface area contributed by atoms with Crippen molar-refractivity contribution >= 4 is 16.9 Å². The van der Waals surface area contributed by atoms with E-state index in [1.165, 1.54) is 0 Å². The molecule has 5 heteroatoms. The van der Waals surface area contributed by atoms with Gasteiger partial charge in [0.2, 0.25) is 0 Å². The van der Waals surface area contributed by atoms with Gasteiger partial charge in [0.25, 0.3) is 0 Å². The van der Waals surface area contributed by atoms with Crippen LogP contribution in [0.3, 0.4) is 0 Å². The lowest BCUT2D eigenvalue weighted by atomic mass is 10.2. The second-order valence-corrected chi connectivity index (χ2v) is 5.84. The zero-order chi connectivity index (χ0) is 15.6. The SMILES string of the molecule is C[C@@H](COCOCc1ccccc1)C(=O)Sc1ccccn1. The van der Waals surface area contributed by atoms with Gasteiger partial charge in [0.15, 0.2) is 5.12 Å². The number of aromatic nitrogens is 1. The van der Waals surface area contributed by atoms with E-state index in [2.05, 4.69) is 4.98 Å². The molecule has 0 unspecified atom stereocenters. The molecule has 22 heavy (non-hydrogen) atoms. The van der Waals surface area contributed by atoms with Crippen LogP contribution in [0.4, 0.5) is 0 Å². The van der Waals surface area contributed by atoms with E-state index in [9.17, 15) is 4.79 Å². The number of ether oxygens (including phenoxy) is 2. The molecule has 1 heterocycles. The molecule has 2 rings (SSSR count). The monoisotopic (exact) mass is 317 g/mol. The molecule has 0 spiro atoms. The molecule has 4 nitrogen and oxygen atoms in total. The Morgan fingerprint density at radius 3 is 2.64 bits per heavy atom. The minimum absolute atomic E-state index is 0.0433. The maximum atomic E-state index is 12.0. The predicted molar refractivity (Wildman–Crippen MR) is 86.3 cm³/mol. The minimum atomic E-state index is -0.202. The number of carbonyl (C=O) groups excluding carboxylic acids is 1. The molecule has 0 bridgehead atoms. The van der Waals surface area contributed by atoms with E-state index in [1.54, 1.807) is 6.20 Å². The van der Waals surface area contributed by atoms with Gasteiger partial charge in [0.05, 0.1) is 13.2 Å². The van der Waals surface area contributed by atoms with Crippen LogP contribution >= 0.6 is 11.8 Å². The third-order valence-electron chi connectivity index (χ3n) is 2.89. The van der Waals surface area contributed by atoms with E-state index < -0.39 is 0 Å². The molecular formula is C17H19NO3S. The van der Waals surface area contributed by atoms with Crippen molar-refractivity contribution in [1.29, 1.82) is 0 Å². The Morgan fingerprint density at radius 1 is 1.14 bits per heavy atom. The van der Waals surface area contributed by atoms with Gasteiger partial charge in [-0.25, -0.2) is 4.98 Å². The Hall–Kier alpha value is -1.69. The topological polar surface area (TPSA) is 48.4 Å². The summed E-state index contributed by atoms with van der Waals surface area (Å²) >= 11 is 1.14. The highest BCUT2D eigenvalue weighted by atomic mass is 32.2. The third-order valence-corrected chi connectivity index (χ3v) is 3.95. The van der Waals surface area contributed by atoms with Crippen molar-refractivity contribution in [1.82, 2.24) is 4.98 Å². The average Bonchev–Trinajstić information content (AvgIpc) is 2.56. The molecule has 0 aliphatic carbocycles. The molecule has 0 amide bonds. The zero-order valence-corrected chi connectivity index (χ0v) is 13.3. The van der Waals surface area contributed by atoms with Crippen LogP contribution in [0.25, 0.3) is 0 Å². The maximum absolute atomic E-state index is 12.0. The summed E-state index contributed by atoms with van der Waals surface area (Å²) < 4.78 is 10.8. The second kappa shape index (κ2) is 9.35. The highest BCUT2D eigenvalue weighted by Crippen LogP contribution is 2.19. The van der Waals surface area contributed by atoms with E-state index in [-0.39, 0.29) is 17.8 Å². The molecule has 0 fully saturated rings. The third kappa shape index (κ3) is 5.97. The molecule has 0 saturated heterocycles. The number of benzene rings is 1. The van der Waals surface area contributed by atoms with Crippen LogP contribution in [0.2, 0.25) is 0 Å². The van der Waals surface area contributed by atoms with E-state index in [1.807, 2.05) is 55.5 Å². The van der Waals surface area contributed by atoms with Crippen molar-refractivity contribution in [2.24, 2.45) is 5.92 Å². The van der Waals surface area contributed by atoms with Gasteiger partial charge >= 0.3 is 0 Å². The Bertz CT molecular complexity index is 563. The van der Waals surface area contributed by atoms with Crippen LogP contribution in [-0.2, 0) is 20.9 Å². The quantitative estimate of drug-likeness (QED) is 0.423. The Balaban J connectivity index is 1.61. The van der Waals surface area contributed by atoms with Crippen molar-refractivity contribution in [3.8, 4) is 0 Å². The fourth-order valence-corrected chi connectivity index (χ4v) is 2.43. The summed E-state index contributed by atoms with van der Waals surface area (Å²) in [6.45, 7) is 2.87. The van der Waals surface area contributed by atoms with Crippen molar-refractivity contribution in [2.45, 2.75) is 18.6 Å². The summed E-state index contributed by atoms with van der Waals surface area (Å²) in [6.07, 6.45) is 1.67. The van der Waals surface area contributed by atoms with Crippen LogP contribution in [-0.4, -0.2) is 23.5 Å². The highest BCUT2D eigenvalue weighted by Gasteiger charge is 2.15. The first-order valence-electron chi connectivity index (χ1n) is 7.08. The van der Waals surface area contributed by atoms with Crippen molar-refractivity contribution in [2.75, 3.05) is 13.4 Å². The van der Waals surface area contributed by atoms with Crippen LogP contribution in [0.1, 0.15) is 12.5 Å². The molecule has 0 saturated carbocycles. The van der Waals surface area contributed by atoms with E-state index >= 15 is 0 Å². The van der Waals surface area contributed by atoms with Gasteiger partial charge in [-0.05, 0) is 29.5 Å². The first kappa shape index (κ1) is 16.7. The van der Waals surface area contributed by atoms with E-state index in [4.69, 9.17) is 9.47 Å². The largest absolute Gasteiger partial charge is 0.355 e. The molecule has 1 aromatic heterocycles. The first-order chi connectivity index (χ1) is 10.8. The number of carbonyl (C=O) groups is 1. The second-order valence-electron chi connectivity index (χ2n) is 4.81. The summed E-state index contributed by atoms with van der Waals surface area (Å²) in [6, 6.07) is 15.4. The Labute approximate surface area is 134 Å². The Morgan fingerprint density at radius 2 is 1.91 bits per heavy atom. The Kier molecular flexibility index (Phi) is 7.09. The van der Waals surface area contributed by atoms with Gasteiger partial charge in [-0.1, -0.05) is 43.3 Å². The highest BCUT2D eigenvalue weighted by molar-refractivity contribution is 8.13. The van der Waals surface area contributed by atoms with Crippen LogP contribution < -0.4 is 0 Å². The van der Waals surface area contributed by atoms with Gasteiger partial charge in [-0.3, -0.25) is 4.79 Å². The molecule has 1 atom stereocenters. The zero-order valence-electron chi connectivity index (χ0n) is 12.5. The predicted octanol–water partition coefficient (Wildman–Crippen LogP) is 3.53. The number of hydrogen-bond acceptors (Lipinski definition) is 5. The lowest BCUT2D eigenvalue weighted by Crippen LogP contribution is -2.15. The maximum Gasteiger partial charge on any atom is 0.200 e. The summed E-state index contributed by atoms with van der Waals surface area (Å²) in [5.41, 5.74) is 1.10. The molecular weight excluding hydrogens is 298 g/mol. The molecule has 0 N–H and O–H groups in total. The summed E-state index contributed by atoms with van der Waals surface area (Å²) in [4.78, 5) is 16.1. The lowest BCUT2D eigenvalue weighted by molar-refractivity contribution is -0.119. The van der Waals surface area contributed by atoms with Crippen molar-refractivity contribution < 1.29 is 14.3 Å². The van der Waals surface area contributed by atoms with Crippen molar-refractivity contribution in [3.63, 3.8) is 0 Å². The van der Waals surface area contributed by atoms with Crippen LogP contribution in [0, 0.1) is 5.92 Å². The summed E-state index contributed by atoms with van der Waals surface area (Å²) in [5.74, 6) is -0.202. The smallest absolute Gasteiger partial charge is 0.200 e. The molecule has 0 radical (unpaired) electrons. The number of rotatable bonds is 8. The standard InChI is InChI=1S/C17H19NO3S/c1-14(17(19)22-16-9-5-6-10-18-16)11-20-13-21-12-15-7-3-2-4-8-15/h2-10,14H,11-13H2,1H3/t14-/m0/s1. The average molecular weight is 317 g/mol. The van der Waals surface area contributed by atoms with Gasteiger partial charge < -0.3 is 9.47 Å². The number of nitrogens with zero attached hydrogens (tertiary/aromatic N) is 1. The number of pyridine rings is 1. The normalized spacial score (nSPS) is 12.0. The van der Waals surface area contributed by atoms with Crippen LogP contribution in [0.15, 0.2) is 59.8 Å². The fraction of sp³-hybridized carbons (Fsp3) is 0.294. The molecule has 1 aromatic carbocycles. The number of thioether (sulfide) groups is 1. The van der Waals surface area contributed by atoms with E-state index in [0.717, 1.165) is 17.3 Å². The number of hydrogen-bond donors (Lipinski definition) is 0. The van der Waals surface area contributed by atoms with Gasteiger partial charge in [0, 0.05) is 12.1 Å². The van der Waals surface area contributed by atoms with Gasteiger partial charge in [0.1, 0.15) is 11.8 Å². The molecule has 0 aliphatic heterocycles. The van der Waals surface area contributed by atoms with Crippen LogP contribution in [0.5, 0.6) is 0 Å². The molecule has 0 aliphatic rings.